The predicted octanol–water partition coefficient (Wildman–Crippen LogP) is 1.75. The summed E-state index contributed by atoms with van der Waals surface area (Å²) in [6.07, 6.45) is 8.34. The molecule has 2 heteroatoms. The van der Waals surface area contributed by atoms with Crippen molar-refractivity contribution in [2.75, 3.05) is 0 Å². The van der Waals surface area contributed by atoms with Crippen LogP contribution >= 0.6 is 0 Å². The summed E-state index contributed by atoms with van der Waals surface area (Å²) < 4.78 is 0. The van der Waals surface area contributed by atoms with Crippen molar-refractivity contribution >= 4 is 12.1 Å². The maximum Gasteiger partial charge on any atom is 0.140 e. The normalized spacial score (nSPS) is 35.2. The minimum absolute atomic E-state index is 0.109. The second-order valence-corrected chi connectivity index (χ2v) is 4.15. The van der Waals surface area contributed by atoms with E-state index < -0.39 is 0 Å². The molecule has 0 aromatic heterocycles. The third kappa shape index (κ3) is 1.71. The second-order valence-electron chi connectivity index (χ2n) is 4.15. The van der Waals surface area contributed by atoms with E-state index in [0.29, 0.717) is 24.5 Å². The van der Waals surface area contributed by atoms with Crippen LogP contribution in [0.3, 0.4) is 0 Å². The van der Waals surface area contributed by atoms with E-state index >= 15 is 0 Å². The molecular formula is C11H14O2. The van der Waals surface area contributed by atoms with E-state index in [0.717, 1.165) is 12.3 Å². The molecule has 0 aromatic rings. The fraction of sp³-hybridized carbons (Fsp3) is 0.636. The fourth-order valence-electron chi connectivity index (χ4n) is 2.60. The minimum Gasteiger partial charge on any atom is -0.303 e. The first-order chi connectivity index (χ1) is 6.29. The molecule has 2 nitrogen and oxygen atoms in total. The minimum atomic E-state index is 0.109. The number of hydrogen-bond acceptors (Lipinski definition) is 2. The van der Waals surface area contributed by atoms with Gasteiger partial charge in [0.25, 0.3) is 0 Å². The van der Waals surface area contributed by atoms with Crippen LogP contribution in [0.5, 0.6) is 0 Å². The Balaban J connectivity index is 1.86. The molecule has 2 rings (SSSR count). The highest BCUT2D eigenvalue weighted by atomic mass is 16.1. The quantitative estimate of drug-likeness (QED) is 0.373. The number of fused-ring (bicyclic) bond motifs is 2. The van der Waals surface area contributed by atoms with E-state index in [1.165, 1.54) is 6.42 Å². The van der Waals surface area contributed by atoms with Gasteiger partial charge in [0.15, 0.2) is 0 Å². The van der Waals surface area contributed by atoms with Crippen LogP contribution in [0.4, 0.5) is 0 Å². The lowest BCUT2D eigenvalue weighted by Crippen LogP contribution is -2.13. The van der Waals surface area contributed by atoms with Crippen molar-refractivity contribution in [3.05, 3.63) is 12.2 Å². The van der Waals surface area contributed by atoms with Crippen LogP contribution in [0.2, 0.25) is 0 Å². The molecule has 1 saturated carbocycles. The second kappa shape index (κ2) is 3.44. The molecule has 0 aromatic carbocycles. The van der Waals surface area contributed by atoms with Gasteiger partial charge in [-0.2, -0.15) is 0 Å². The Morgan fingerprint density at radius 1 is 1.38 bits per heavy atom. The van der Waals surface area contributed by atoms with Crippen molar-refractivity contribution in [1.29, 1.82) is 0 Å². The maximum atomic E-state index is 11.2. The van der Waals surface area contributed by atoms with Gasteiger partial charge in [0.05, 0.1) is 6.42 Å². The first-order valence-corrected chi connectivity index (χ1v) is 4.93. The molecule has 0 saturated heterocycles. The van der Waals surface area contributed by atoms with Gasteiger partial charge in [-0.05, 0) is 30.6 Å². The van der Waals surface area contributed by atoms with Gasteiger partial charge in [-0.25, -0.2) is 0 Å². The van der Waals surface area contributed by atoms with Gasteiger partial charge in [-0.1, -0.05) is 12.2 Å². The van der Waals surface area contributed by atoms with E-state index in [1.54, 1.807) is 0 Å². The Labute approximate surface area is 78.0 Å². The number of aldehydes is 1. The van der Waals surface area contributed by atoms with E-state index in [9.17, 15) is 9.59 Å². The Hall–Kier alpha value is -0.920. The maximum absolute atomic E-state index is 11.2. The molecule has 0 N–H and O–H groups in total. The van der Waals surface area contributed by atoms with Crippen LogP contribution in [0.1, 0.15) is 25.7 Å². The van der Waals surface area contributed by atoms with E-state index in [2.05, 4.69) is 12.2 Å². The lowest BCUT2D eigenvalue weighted by atomic mass is 9.88. The Morgan fingerprint density at radius 2 is 2.23 bits per heavy atom. The average Bonchev–Trinajstić information content (AvgIpc) is 2.65. The van der Waals surface area contributed by atoms with Crippen molar-refractivity contribution in [2.45, 2.75) is 25.7 Å². The first kappa shape index (κ1) is 8.67. The molecule has 2 bridgehead atoms. The van der Waals surface area contributed by atoms with Crippen molar-refractivity contribution in [3.8, 4) is 0 Å². The number of rotatable bonds is 4. The smallest absolute Gasteiger partial charge is 0.140 e. The highest BCUT2D eigenvalue weighted by molar-refractivity contribution is 5.89. The van der Waals surface area contributed by atoms with Crippen molar-refractivity contribution < 1.29 is 9.59 Å². The lowest BCUT2D eigenvalue weighted by Gasteiger charge is -2.16. The summed E-state index contributed by atoms with van der Waals surface area (Å²) in [5, 5.41) is 0. The largest absolute Gasteiger partial charge is 0.303 e. The summed E-state index contributed by atoms with van der Waals surface area (Å²) in [7, 11) is 0. The Bertz CT molecular complexity index is 255. The van der Waals surface area contributed by atoms with Gasteiger partial charge in [0, 0.05) is 6.42 Å². The summed E-state index contributed by atoms with van der Waals surface area (Å²) in [4.78, 5) is 21.3. The number of Topliss-reactive ketones (excluding diaryl/α,β-unsaturated/α-hetero) is 1. The molecule has 13 heavy (non-hydrogen) atoms. The molecule has 70 valence electrons. The van der Waals surface area contributed by atoms with E-state index in [-0.39, 0.29) is 12.2 Å². The number of hydrogen-bond donors (Lipinski definition) is 0. The highest BCUT2D eigenvalue weighted by Gasteiger charge is 2.36. The number of ketones is 1. The Morgan fingerprint density at radius 3 is 2.77 bits per heavy atom. The zero-order valence-corrected chi connectivity index (χ0v) is 7.61. The van der Waals surface area contributed by atoms with Gasteiger partial charge >= 0.3 is 0 Å². The van der Waals surface area contributed by atoms with Crippen LogP contribution in [0.25, 0.3) is 0 Å². The molecule has 0 radical (unpaired) electrons. The predicted molar refractivity (Wildman–Crippen MR) is 49.1 cm³/mol. The summed E-state index contributed by atoms with van der Waals surface area (Å²) in [6, 6.07) is 0. The molecule has 3 atom stereocenters. The fourth-order valence-corrected chi connectivity index (χ4v) is 2.60. The molecule has 0 heterocycles. The van der Waals surface area contributed by atoms with Gasteiger partial charge < -0.3 is 4.79 Å². The Kier molecular flexibility index (Phi) is 2.30. The van der Waals surface area contributed by atoms with E-state index in [1.807, 2.05) is 0 Å². The third-order valence-corrected chi connectivity index (χ3v) is 3.22. The van der Waals surface area contributed by atoms with Crippen LogP contribution < -0.4 is 0 Å². The van der Waals surface area contributed by atoms with Crippen LogP contribution in [-0.2, 0) is 9.59 Å². The zero-order chi connectivity index (χ0) is 9.26. The molecule has 3 unspecified atom stereocenters. The third-order valence-electron chi connectivity index (χ3n) is 3.22. The lowest BCUT2D eigenvalue weighted by molar-refractivity contribution is -0.123. The van der Waals surface area contributed by atoms with Crippen LogP contribution in [-0.4, -0.2) is 12.1 Å². The van der Waals surface area contributed by atoms with Gasteiger partial charge in [0.1, 0.15) is 12.1 Å². The topological polar surface area (TPSA) is 34.1 Å². The van der Waals surface area contributed by atoms with Gasteiger partial charge in [0.2, 0.25) is 0 Å². The van der Waals surface area contributed by atoms with Crippen LogP contribution in [0.15, 0.2) is 12.2 Å². The zero-order valence-electron chi connectivity index (χ0n) is 7.61. The summed E-state index contributed by atoms with van der Waals surface area (Å²) in [5.74, 6) is 1.99. The molecule has 2 aliphatic carbocycles. The number of allylic oxidation sites excluding steroid dienone is 2. The number of carbonyl (C=O) groups excluding carboxylic acids is 2. The molecule has 1 fully saturated rings. The molecular weight excluding hydrogens is 164 g/mol. The number of carbonyl (C=O) groups is 2. The molecule has 2 aliphatic rings. The van der Waals surface area contributed by atoms with Gasteiger partial charge in [-0.3, -0.25) is 4.79 Å². The highest BCUT2D eigenvalue weighted by Crippen LogP contribution is 2.44. The van der Waals surface area contributed by atoms with Crippen molar-refractivity contribution in [1.82, 2.24) is 0 Å². The molecule has 0 amide bonds. The summed E-state index contributed by atoms with van der Waals surface area (Å²) in [5.41, 5.74) is 0. The van der Waals surface area contributed by atoms with Gasteiger partial charge in [-0.15, -0.1) is 0 Å². The monoisotopic (exact) mass is 178 g/mol. The van der Waals surface area contributed by atoms with Crippen molar-refractivity contribution in [2.24, 2.45) is 17.8 Å². The molecule has 0 aliphatic heterocycles. The molecule has 0 spiro atoms. The van der Waals surface area contributed by atoms with Crippen LogP contribution in [0, 0.1) is 17.8 Å². The standard InChI is InChI=1S/C11H14O2/c12-4-3-11(13)7-10-6-8-1-2-9(10)5-8/h1-2,4,8-10H,3,5-7H2. The SMILES string of the molecule is O=CCC(=O)CC1CC2C=CC1C2. The summed E-state index contributed by atoms with van der Waals surface area (Å²) >= 11 is 0. The van der Waals surface area contributed by atoms with E-state index in [4.69, 9.17) is 0 Å². The first-order valence-electron chi connectivity index (χ1n) is 4.93. The van der Waals surface area contributed by atoms with Crippen molar-refractivity contribution in [3.63, 3.8) is 0 Å². The summed E-state index contributed by atoms with van der Waals surface area (Å²) in [6.45, 7) is 0. The average molecular weight is 178 g/mol.